The summed E-state index contributed by atoms with van der Waals surface area (Å²) in [5.41, 5.74) is 16.8. The molecule has 1 unspecified atom stereocenters. The van der Waals surface area contributed by atoms with E-state index in [-0.39, 0.29) is 0 Å². The van der Waals surface area contributed by atoms with Crippen molar-refractivity contribution in [2.75, 3.05) is 4.90 Å². The molecule has 3 nitrogen and oxygen atoms in total. The molecule has 0 saturated carbocycles. The van der Waals surface area contributed by atoms with Crippen LogP contribution in [0.3, 0.4) is 0 Å². The fourth-order valence-electron chi connectivity index (χ4n) is 9.09. The predicted octanol–water partition coefficient (Wildman–Crippen LogP) is 13.9. The van der Waals surface area contributed by atoms with Crippen LogP contribution >= 0.6 is 0 Å². The van der Waals surface area contributed by atoms with E-state index in [4.69, 9.17) is 4.98 Å². The van der Waals surface area contributed by atoms with Gasteiger partial charge >= 0.3 is 0 Å². The summed E-state index contributed by atoms with van der Waals surface area (Å²) in [5, 5.41) is 4.91. The molecule has 2 aliphatic carbocycles. The van der Waals surface area contributed by atoms with Crippen LogP contribution in [0.2, 0.25) is 0 Å². The van der Waals surface area contributed by atoms with Crippen LogP contribution in [0.4, 0.5) is 11.4 Å². The molecule has 262 valence electrons. The van der Waals surface area contributed by atoms with Gasteiger partial charge in [-0.25, -0.2) is 4.98 Å². The van der Waals surface area contributed by atoms with Crippen LogP contribution in [0.25, 0.3) is 71.8 Å². The quantitative estimate of drug-likeness (QED) is 0.182. The summed E-state index contributed by atoms with van der Waals surface area (Å²) in [6.45, 7) is 2.35. The number of fused-ring (bicyclic) bond motifs is 8. The molecule has 2 aromatic heterocycles. The monoisotopic (exact) mass is 705 g/mol. The molecule has 1 atom stereocenters. The number of pyridine rings is 1. The molecule has 3 heteroatoms. The van der Waals surface area contributed by atoms with Crippen LogP contribution in [0.15, 0.2) is 182 Å². The first-order valence-electron chi connectivity index (χ1n) is 19.5. The highest BCUT2D eigenvalue weighted by Crippen LogP contribution is 2.53. The Morgan fingerprint density at radius 1 is 0.673 bits per heavy atom. The molecule has 0 amide bonds. The molecule has 6 aromatic carbocycles. The van der Waals surface area contributed by atoms with E-state index in [1.54, 1.807) is 0 Å². The van der Waals surface area contributed by atoms with Crippen LogP contribution in [0, 0.1) is 5.92 Å². The Bertz CT molecular complexity index is 2990. The summed E-state index contributed by atoms with van der Waals surface area (Å²) in [6.07, 6.45) is 14.5. The summed E-state index contributed by atoms with van der Waals surface area (Å²) in [4.78, 5) is 7.76. The number of hydrogen-bond acceptors (Lipinski definition) is 2. The van der Waals surface area contributed by atoms with Crippen molar-refractivity contribution in [2.45, 2.75) is 26.2 Å². The second kappa shape index (κ2) is 12.7. The van der Waals surface area contributed by atoms with Gasteiger partial charge < -0.3 is 9.47 Å². The fraction of sp³-hybridized carbons (Fsp3) is 0.0962. The number of benzene rings is 6. The molecule has 8 aromatic rings. The lowest BCUT2D eigenvalue weighted by atomic mass is 9.89. The van der Waals surface area contributed by atoms with Gasteiger partial charge in [0.15, 0.2) is 0 Å². The molecule has 0 spiro atoms. The van der Waals surface area contributed by atoms with Crippen molar-refractivity contribution >= 4 is 55.1 Å². The third-order valence-electron chi connectivity index (χ3n) is 11.7. The first-order chi connectivity index (χ1) is 27.2. The van der Waals surface area contributed by atoms with Crippen molar-refractivity contribution < 1.29 is 0 Å². The summed E-state index contributed by atoms with van der Waals surface area (Å²) < 4.78 is 2.54. The minimum absolute atomic E-state index is 0.389. The molecule has 0 N–H and O–H groups in total. The summed E-state index contributed by atoms with van der Waals surface area (Å²) in [6, 6.07) is 53.5. The van der Waals surface area contributed by atoms with Crippen LogP contribution in [0.1, 0.15) is 37.4 Å². The minimum Gasteiger partial charge on any atom is -0.309 e. The topological polar surface area (TPSA) is 21.1 Å². The van der Waals surface area contributed by atoms with Crippen LogP contribution in [0.5, 0.6) is 0 Å². The second-order valence-electron chi connectivity index (χ2n) is 15.2. The van der Waals surface area contributed by atoms with Crippen molar-refractivity contribution in [3.63, 3.8) is 0 Å². The number of anilines is 2. The first-order valence-corrected chi connectivity index (χ1v) is 19.5. The van der Waals surface area contributed by atoms with E-state index in [1.165, 1.54) is 72.3 Å². The van der Waals surface area contributed by atoms with Gasteiger partial charge in [0.05, 0.1) is 33.8 Å². The van der Waals surface area contributed by atoms with Crippen LogP contribution in [-0.4, -0.2) is 9.55 Å². The van der Waals surface area contributed by atoms with Gasteiger partial charge in [-0.2, -0.15) is 0 Å². The van der Waals surface area contributed by atoms with E-state index in [2.05, 4.69) is 192 Å². The molecule has 3 heterocycles. The standard InChI is InChI=1S/C52H39N3/c1-34-23-28-50-45(29-34)52-51(44-19-9-12-22-49(44)55(52)41-26-24-36-15-5-6-17-38(36)31-41)43-18-8-11-21-48(43)54(50)42-32-39(35-13-3-2-4-14-35)30-40(33-42)47-27-25-37-16-7-10-20-46(37)53-47/h2-3,5-13,15-28,30-34H,4,14,29H2,1H3. The van der Waals surface area contributed by atoms with Crippen LogP contribution in [-0.2, 0) is 0 Å². The Kier molecular flexibility index (Phi) is 7.34. The maximum Gasteiger partial charge on any atom is 0.0710 e. The van der Waals surface area contributed by atoms with E-state index in [9.17, 15) is 0 Å². The molecule has 1 aliphatic heterocycles. The molecule has 0 radical (unpaired) electrons. The Morgan fingerprint density at radius 2 is 1.45 bits per heavy atom. The van der Waals surface area contributed by atoms with Crippen molar-refractivity contribution in [3.8, 4) is 28.1 Å². The van der Waals surface area contributed by atoms with Crippen molar-refractivity contribution in [1.82, 2.24) is 9.55 Å². The summed E-state index contributed by atoms with van der Waals surface area (Å²) >= 11 is 0. The average Bonchev–Trinajstić information content (AvgIpc) is 3.53. The summed E-state index contributed by atoms with van der Waals surface area (Å²) in [5.74, 6) is 0.389. The zero-order chi connectivity index (χ0) is 36.5. The molecule has 55 heavy (non-hydrogen) atoms. The predicted molar refractivity (Wildman–Crippen MR) is 232 cm³/mol. The average molecular weight is 706 g/mol. The Morgan fingerprint density at radius 3 is 2.36 bits per heavy atom. The smallest absolute Gasteiger partial charge is 0.0710 e. The van der Waals surface area contributed by atoms with Crippen molar-refractivity contribution in [2.24, 2.45) is 5.92 Å². The molecule has 0 saturated heterocycles. The number of nitrogens with zero attached hydrogens (tertiary/aromatic N) is 3. The first kappa shape index (κ1) is 31.8. The lowest BCUT2D eigenvalue weighted by Crippen LogP contribution is -2.20. The molecule has 3 aliphatic rings. The number of allylic oxidation sites excluding steroid dienone is 7. The van der Waals surface area contributed by atoms with Gasteiger partial charge in [-0.1, -0.05) is 122 Å². The molecular weight excluding hydrogens is 667 g/mol. The minimum atomic E-state index is 0.389. The largest absolute Gasteiger partial charge is 0.309 e. The molecule has 0 fully saturated rings. The maximum absolute atomic E-state index is 5.22. The third kappa shape index (κ3) is 5.22. The number of para-hydroxylation sites is 3. The van der Waals surface area contributed by atoms with Gasteiger partial charge in [-0.05, 0) is 108 Å². The normalized spacial score (nSPS) is 16.3. The Labute approximate surface area is 321 Å². The summed E-state index contributed by atoms with van der Waals surface area (Å²) in [7, 11) is 0. The van der Waals surface area contributed by atoms with Gasteiger partial charge in [-0.15, -0.1) is 0 Å². The number of aromatic nitrogens is 2. The third-order valence-corrected chi connectivity index (χ3v) is 11.7. The highest BCUT2D eigenvalue weighted by Gasteiger charge is 2.34. The van der Waals surface area contributed by atoms with E-state index in [1.807, 2.05) is 0 Å². The highest BCUT2D eigenvalue weighted by molar-refractivity contribution is 6.10. The Balaban J connectivity index is 1.22. The number of rotatable bonds is 4. The zero-order valence-electron chi connectivity index (χ0n) is 30.8. The van der Waals surface area contributed by atoms with Gasteiger partial charge in [0, 0.05) is 44.4 Å². The lowest BCUT2D eigenvalue weighted by molar-refractivity contribution is 0.738. The SMILES string of the molecule is CC1C=CC2=C(C1)c1c(c3ccccc3n1-c1ccc3ccccc3c1)-c1ccccc1N2c1cc(C2=CC=CCC2)cc(-c2ccc3ccccc3n2)c1. The molecular formula is C52H39N3. The fourth-order valence-corrected chi connectivity index (χ4v) is 9.09. The van der Waals surface area contributed by atoms with Crippen molar-refractivity contribution in [3.05, 3.63) is 193 Å². The van der Waals surface area contributed by atoms with Gasteiger partial charge in [0.25, 0.3) is 0 Å². The Hall–Kier alpha value is -6.71. The second-order valence-corrected chi connectivity index (χ2v) is 15.2. The van der Waals surface area contributed by atoms with E-state index in [0.29, 0.717) is 5.92 Å². The van der Waals surface area contributed by atoms with Gasteiger partial charge in [0.1, 0.15) is 0 Å². The highest BCUT2D eigenvalue weighted by atomic mass is 15.2. The molecule has 0 bridgehead atoms. The maximum atomic E-state index is 5.22. The van der Waals surface area contributed by atoms with Gasteiger partial charge in [0.2, 0.25) is 0 Å². The zero-order valence-corrected chi connectivity index (χ0v) is 30.8. The molecule has 11 rings (SSSR count). The van der Waals surface area contributed by atoms with E-state index < -0.39 is 0 Å². The van der Waals surface area contributed by atoms with Crippen molar-refractivity contribution in [1.29, 1.82) is 0 Å². The lowest BCUT2D eigenvalue weighted by Gasteiger charge is -2.32. The van der Waals surface area contributed by atoms with E-state index in [0.717, 1.165) is 47.1 Å². The van der Waals surface area contributed by atoms with Crippen LogP contribution < -0.4 is 4.90 Å². The number of hydrogen-bond donors (Lipinski definition) is 0. The van der Waals surface area contributed by atoms with E-state index >= 15 is 0 Å². The van der Waals surface area contributed by atoms with Gasteiger partial charge in [-0.3, -0.25) is 0 Å².